The van der Waals surface area contributed by atoms with Crippen LogP contribution in [-0.4, -0.2) is 33.1 Å². The Morgan fingerprint density at radius 3 is 2.03 bits per heavy atom. The summed E-state index contributed by atoms with van der Waals surface area (Å²) >= 11 is 0. The first kappa shape index (κ1) is 24.5. The zero-order valence-electron chi connectivity index (χ0n) is 18.9. The van der Waals surface area contributed by atoms with Crippen molar-refractivity contribution < 1.29 is 22.5 Å². The molecule has 0 saturated carbocycles. The van der Waals surface area contributed by atoms with Gasteiger partial charge in [-0.15, -0.1) is 15.3 Å². The molecule has 0 bridgehead atoms. The molecule has 0 fully saturated rings. The molecule has 4 aromatic rings. The summed E-state index contributed by atoms with van der Waals surface area (Å²) in [5, 5.41) is 17.9. The molecule has 4 rings (SSSR count). The van der Waals surface area contributed by atoms with Gasteiger partial charge in [-0.3, -0.25) is 14.3 Å². The van der Waals surface area contributed by atoms with E-state index in [-0.39, 0.29) is 4.90 Å². The van der Waals surface area contributed by atoms with Crippen molar-refractivity contribution in [1.29, 1.82) is 0 Å². The van der Waals surface area contributed by atoms with Gasteiger partial charge in [-0.2, -0.15) is 13.5 Å². The van der Waals surface area contributed by atoms with Crippen molar-refractivity contribution in [3.05, 3.63) is 78.4 Å². The average molecular weight is 502 g/mol. The molecule has 0 radical (unpaired) electrons. The van der Waals surface area contributed by atoms with Gasteiger partial charge in [0.05, 0.1) is 34.8 Å². The number of methoxy groups -OCH3 is 1. The molecular weight excluding hydrogens is 482 g/mol. The lowest BCUT2D eigenvalue weighted by Gasteiger charge is -2.07. The van der Waals surface area contributed by atoms with Gasteiger partial charge in [0.2, 0.25) is 0 Å². The summed E-state index contributed by atoms with van der Waals surface area (Å²) in [6, 6.07) is 18.9. The highest BCUT2D eigenvalue weighted by Gasteiger charge is 2.14. The van der Waals surface area contributed by atoms with Crippen LogP contribution >= 0.6 is 0 Å². The maximum absolute atomic E-state index is 11.8. The maximum atomic E-state index is 11.8. The number of aldehydes is 1. The van der Waals surface area contributed by atoms with Crippen molar-refractivity contribution in [2.75, 3.05) is 7.11 Å². The average Bonchev–Trinajstić information content (AvgIpc) is 2.90. The SMILES string of the molecule is C=Nc1ccc(N=Nc2ccc(N=Nc3ccc(C=O)cc3)c3ccc(S(=O)(=O)O)cc23)c(OC)c1. The maximum Gasteiger partial charge on any atom is 0.294 e. The molecule has 180 valence electrons. The van der Waals surface area contributed by atoms with Gasteiger partial charge >= 0.3 is 0 Å². The second-order valence-electron chi connectivity index (χ2n) is 7.41. The zero-order valence-corrected chi connectivity index (χ0v) is 19.8. The Kier molecular flexibility index (Phi) is 7.04. The van der Waals surface area contributed by atoms with E-state index in [9.17, 15) is 17.8 Å². The van der Waals surface area contributed by atoms with Crippen molar-refractivity contribution in [3.8, 4) is 5.75 Å². The molecule has 0 aromatic heterocycles. The standard InChI is InChI=1S/C25H19N5O5S/c1-26-18-7-10-24(25(13-18)35-2)30-29-23-12-11-22(28-27-17-5-3-16(15-31)4-6-17)20-9-8-19(14-21(20)23)36(32,33)34/h3-15H,1H2,2H3,(H,32,33,34). The Hall–Kier alpha value is -4.61. The number of hydrogen-bond acceptors (Lipinski definition) is 9. The van der Waals surface area contributed by atoms with Crippen molar-refractivity contribution >= 4 is 62.3 Å². The van der Waals surface area contributed by atoms with E-state index in [0.29, 0.717) is 50.5 Å². The summed E-state index contributed by atoms with van der Waals surface area (Å²) in [6.07, 6.45) is 0.731. The van der Waals surface area contributed by atoms with E-state index in [4.69, 9.17) is 4.74 Å². The van der Waals surface area contributed by atoms with Crippen molar-refractivity contribution in [2.45, 2.75) is 4.90 Å². The minimum atomic E-state index is -4.46. The molecule has 0 amide bonds. The van der Waals surface area contributed by atoms with Gasteiger partial charge in [-0.05, 0) is 67.4 Å². The van der Waals surface area contributed by atoms with Crippen LogP contribution in [0.15, 0.2) is 103 Å². The summed E-state index contributed by atoms with van der Waals surface area (Å²) in [4.78, 5) is 14.4. The molecule has 0 spiro atoms. The number of nitrogens with zero attached hydrogens (tertiary/aromatic N) is 5. The van der Waals surface area contributed by atoms with Gasteiger partial charge in [0, 0.05) is 22.4 Å². The first-order valence-electron chi connectivity index (χ1n) is 10.4. The summed E-state index contributed by atoms with van der Waals surface area (Å²) in [5.74, 6) is 0.428. The topological polar surface area (TPSA) is 142 Å². The Balaban J connectivity index is 1.80. The van der Waals surface area contributed by atoms with Crippen LogP contribution in [0.2, 0.25) is 0 Å². The van der Waals surface area contributed by atoms with Gasteiger partial charge in [0.1, 0.15) is 17.7 Å². The Morgan fingerprint density at radius 2 is 1.39 bits per heavy atom. The molecule has 10 nitrogen and oxygen atoms in total. The second kappa shape index (κ2) is 10.3. The highest BCUT2D eigenvalue weighted by molar-refractivity contribution is 7.85. The van der Waals surface area contributed by atoms with E-state index in [1.807, 2.05) is 0 Å². The number of carbonyl (C=O) groups excluding carboxylic acids is 1. The Morgan fingerprint density at radius 1 is 0.778 bits per heavy atom. The number of aliphatic imine (C=N–C) groups is 1. The number of azo groups is 2. The molecule has 0 aliphatic heterocycles. The minimum Gasteiger partial charge on any atom is -0.494 e. The predicted octanol–water partition coefficient (Wildman–Crippen LogP) is 7.07. The third-order valence-corrected chi connectivity index (χ3v) is 6.00. The predicted molar refractivity (Wildman–Crippen MR) is 136 cm³/mol. The van der Waals surface area contributed by atoms with Crippen LogP contribution in [0.4, 0.5) is 28.4 Å². The van der Waals surface area contributed by atoms with E-state index >= 15 is 0 Å². The van der Waals surface area contributed by atoms with Gasteiger partial charge in [-0.1, -0.05) is 6.07 Å². The third kappa shape index (κ3) is 5.37. The van der Waals surface area contributed by atoms with E-state index in [0.717, 1.165) is 6.29 Å². The third-order valence-electron chi connectivity index (χ3n) is 5.15. The summed E-state index contributed by atoms with van der Waals surface area (Å²) in [6.45, 7) is 3.48. The first-order valence-corrected chi connectivity index (χ1v) is 11.8. The quantitative estimate of drug-likeness (QED) is 0.119. The Labute approximate surface area is 206 Å². The normalized spacial score (nSPS) is 11.8. The van der Waals surface area contributed by atoms with Crippen molar-refractivity contribution in [2.24, 2.45) is 25.4 Å². The van der Waals surface area contributed by atoms with Crippen LogP contribution in [0.3, 0.4) is 0 Å². The molecule has 11 heteroatoms. The molecule has 36 heavy (non-hydrogen) atoms. The highest BCUT2D eigenvalue weighted by atomic mass is 32.2. The minimum absolute atomic E-state index is 0.302. The van der Waals surface area contributed by atoms with Crippen molar-refractivity contribution in [1.82, 2.24) is 0 Å². The summed E-state index contributed by atoms with van der Waals surface area (Å²) < 4.78 is 38.4. The van der Waals surface area contributed by atoms with Gasteiger partial charge in [0.25, 0.3) is 10.1 Å². The molecular formula is C25H19N5O5S. The number of hydrogen-bond donors (Lipinski definition) is 1. The number of benzene rings is 4. The van der Waals surface area contributed by atoms with Crippen LogP contribution in [0.25, 0.3) is 10.8 Å². The van der Waals surface area contributed by atoms with Crippen LogP contribution in [0.1, 0.15) is 10.4 Å². The summed E-state index contributed by atoms with van der Waals surface area (Å²) in [5.41, 5.74) is 2.83. The molecule has 4 aromatic carbocycles. The fourth-order valence-electron chi connectivity index (χ4n) is 3.32. The van der Waals surface area contributed by atoms with Gasteiger partial charge < -0.3 is 4.74 Å². The van der Waals surface area contributed by atoms with E-state index < -0.39 is 10.1 Å². The van der Waals surface area contributed by atoms with E-state index in [2.05, 4.69) is 32.2 Å². The van der Waals surface area contributed by atoms with Crippen molar-refractivity contribution in [3.63, 3.8) is 0 Å². The van der Waals surface area contributed by atoms with Crippen LogP contribution < -0.4 is 4.74 Å². The smallest absolute Gasteiger partial charge is 0.294 e. The highest BCUT2D eigenvalue weighted by Crippen LogP contribution is 2.38. The monoisotopic (exact) mass is 501 g/mol. The molecule has 0 aliphatic rings. The lowest BCUT2D eigenvalue weighted by atomic mass is 10.1. The van der Waals surface area contributed by atoms with Crippen LogP contribution in [0, 0.1) is 0 Å². The lowest BCUT2D eigenvalue weighted by Crippen LogP contribution is -1.97. The van der Waals surface area contributed by atoms with Gasteiger partial charge in [0.15, 0.2) is 0 Å². The molecule has 0 heterocycles. The molecule has 0 saturated heterocycles. The largest absolute Gasteiger partial charge is 0.494 e. The molecule has 0 unspecified atom stereocenters. The molecule has 1 N–H and O–H groups in total. The summed E-state index contributed by atoms with van der Waals surface area (Å²) in [7, 11) is -2.98. The van der Waals surface area contributed by atoms with Crippen LogP contribution in [-0.2, 0) is 10.1 Å². The molecule has 0 atom stereocenters. The number of carbonyl (C=O) groups is 1. The first-order chi connectivity index (χ1) is 17.3. The van der Waals surface area contributed by atoms with E-state index in [1.165, 1.54) is 25.3 Å². The molecule has 0 aliphatic carbocycles. The zero-order chi connectivity index (χ0) is 25.7. The number of ether oxygens (including phenoxy) is 1. The van der Waals surface area contributed by atoms with Gasteiger partial charge in [-0.25, -0.2) is 0 Å². The van der Waals surface area contributed by atoms with Crippen LogP contribution in [0.5, 0.6) is 5.75 Å². The van der Waals surface area contributed by atoms with E-state index in [1.54, 1.807) is 54.6 Å². The number of rotatable bonds is 8. The lowest BCUT2D eigenvalue weighted by molar-refractivity contribution is 0.112. The number of fused-ring (bicyclic) bond motifs is 1. The Bertz CT molecular complexity index is 1630. The fourth-order valence-corrected chi connectivity index (χ4v) is 3.82. The fraction of sp³-hybridized carbons (Fsp3) is 0.0400. The second-order valence-corrected chi connectivity index (χ2v) is 8.83.